The first-order valence-electron chi connectivity index (χ1n) is 6.95. The molecule has 1 saturated heterocycles. The van der Waals surface area contributed by atoms with E-state index >= 15 is 0 Å². The summed E-state index contributed by atoms with van der Waals surface area (Å²) in [5, 5.41) is 9.16. The van der Waals surface area contributed by atoms with Gasteiger partial charge in [-0.05, 0) is 31.1 Å². The van der Waals surface area contributed by atoms with E-state index in [1.165, 1.54) is 4.90 Å². The number of piperidine rings is 1. The Labute approximate surface area is 108 Å². The summed E-state index contributed by atoms with van der Waals surface area (Å²) < 4.78 is 0. The number of carbonyl (C=O) groups excluding carboxylic acids is 2. The minimum absolute atomic E-state index is 0.00334. The topological polar surface area (TPSA) is 57.6 Å². The maximum atomic E-state index is 12.3. The molecule has 1 aliphatic carbocycles. The Kier molecular flexibility index (Phi) is 3.76. The van der Waals surface area contributed by atoms with Crippen molar-refractivity contribution in [2.75, 3.05) is 6.61 Å². The van der Waals surface area contributed by atoms with E-state index in [9.17, 15) is 9.59 Å². The number of aliphatic hydroxyl groups excluding tert-OH is 1. The molecule has 1 N–H and O–H groups in total. The van der Waals surface area contributed by atoms with Crippen molar-refractivity contribution < 1.29 is 14.7 Å². The first-order valence-corrected chi connectivity index (χ1v) is 6.95. The third-order valence-corrected chi connectivity index (χ3v) is 4.77. The van der Waals surface area contributed by atoms with Gasteiger partial charge in [-0.1, -0.05) is 19.8 Å². The molecule has 2 rings (SSSR count). The summed E-state index contributed by atoms with van der Waals surface area (Å²) in [7, 11) is 0. The van der Waals surface area contributed by atoms with Crippen LogP contribution >= 0.6 is 0 Å². The van der Waals surface area contributed by atoms with Crippen LogP contribution in [-0.2, 0) is 9.59 Å². The number of aliphatic hydroxyl groups is 1. The zero-order valence-corrected chi connectivity index (χ0v) is 11.3. The van der Waals surface area contributed by atoms with E-state index < -0.39 is 0 Å². The van der Waals surface area contributed by atoms with E-state index in [1.54, 1.807) is 0 Å². The Hall–Kier alpha value is -0.900. The lowest BCUT2D eigenvalue weighted by Crippen LogP contribution is -2.53. The van der Waals surface area contributed by atoms with Gasteiger partial charge in [-0.3, -0.25) is 14.5 Å². The molecule has 1 aliphatic heterocycles. The molecule has 0 radical (unpaired) electrons. The smallest absolute Gasteiger partial charge is 0.229 e. The second kappa shape index (κ2) is 5.00. The molecule has 1 spiro atoms. The second-order valence-corrected chi connectivity index (χ2v) is 6.12. The summed E-state index contributed by atoms with van der Waals surface area (Å²) in [6.07, 6.45) is 5.35. The van der Waals surface area contributed by atoms with Gasteiger partial charge in [0.25, 0.3) is 0 Å². The maximum Gasteiger partial charge on any atom is 0.229 e. The number of nitrogens with zero attached hydrogens (tertiary/aromatic N) is 1. The summed E-state index contributed by atoms with van der Waals surface area (Å²) >= 11 is 0. The number of imide groups is 1. The fourth-order valence-electron chi connectivity index (χ4n) is 3.35. The molecule has 2 aliphatic rings. The SMILES string of the molecule is CC(CO)C(C)N1C(=O)CC2(CCCC2)CC1=O. The number of hydrogen-bond donors (Lipinski definition) is 1. The van der Waals surface area contributed by atoms with Crippen molar-refractivity contribution in [1.82, 2.24) is 4.90 Å². The quantitative estimate of drug-likeness (QED) is 0.779. The molecule has 2 amide bonds. The van der Waals surface area contributed by atoms with Gasteiger partial charge in [0.1, 0.15) is 0 Å². The van der Waals surface area contributed by atoms with Gasteiger partial charge in [-0.15, -0.1) is 0 Å². The van der Waals surface area contributed by atoms with E-state index in [-0.39, 0.29) is 35.8 Å². The highest BCUT2D eigenvalue weighted by Gasteiger charge is 2.46. The highest BCUT2D eigenvalue weighted by molar-refractivity contribution is 5.99. The minimum atomic E-state index is -0.200. The van der Waals surface area contributed by atoms with E-state index in [1.807, 2.05) is 13.8 Å². The van der Waals surface area contributed by atoms with Crippen LogP contribution in [0.3, 0.4) is 0 Å². The van der Waals surface area contributed by atoms with E-state index in [0.717, 1.165) is 25.7 Å². The zero-order valence-electron chi connectivity index (χ0n) is 11.3. The summed E-state index contributed by atoms with van der Waals surface area (Å²) in [5.41, 5.74) is -0.0349. The van der Waals surface area contributed by atoms with Crippen molar-refractivity contribution in [1.29, 1.82) is 0 Å². The Morgan fingerprint density at radius 1 is 1.17 bits per heavy atom. The standard InChI is InChI=1S/C14H23NO3/c1-10(9-16)11(2)15-12(17)7-14(8-13(15)18)5-3-4-6-14/h10-11,16H,3-9H2,1-2H3. The molecule has 0 aromatic heterocycles. The zero-order chi connectivity index (χ0) is 13.3. The molecule has 2 fully saturated rings. The van der Waals surface area contributed by atoms with Gasteiger partial charge < -0.3 is 5.11 Å². The molecule has 0 aromatic carbocycles. The lowest BCUT2D eigenvalue weighted by Gasteiger charge is -2.41. The van der Waals surface area contributed by atoms with Crippen LogP contribution in [0.15, 0.2) is 0 Å². The number of hydrogen-bond acceptors (Lipinski definition) is 3. The van der Waals surface area contributed by atoms with Gasteiger partial charge in [0.15, 0.2) is 0 Å². The van der Waals surface area contributed by atoms with Crippen molar-refractivity contribution in [3.63, 3.8) is 0 Å². The van der Waals surface area contributed by atoms with Crippen molar-refractivity contribution in [3.05, 3.63) is 0 Å². The van der Waals surface area contributed by atoms with E-state index in [0.29, 0.717) is 12.8 Å². The predicted octanol–water partition coefficient (Wildman–Crippen LogP) is 1.71. The number of carbonyl (C=O) groups is 2. The Balaban J connectivity index is 2.11. The molecule has 1 heterocycles. The molecular weight excluding hydrogens is 230 g/mol. The van der Waals surface area contributed by atoms with Crippen LogP contribution in [0.5, 0.6) is 0 Å². The largest absolute Gasteiger partial charge is 0.396 e. The summed E-state index contributed by atoms with van der Waals surface area (Å²) in [6, 6.07) is -0.200. The Bertz CT molecular complexity index is 327. The average Bonchev–Trinajstić information content (AvgIpc) is 2.74. The second-order valence-electron chi connectivity index (χ2n) is 6.12. The molecule has 18 heavy (non-hydrogen) atoms. The Morgan fingerprint density at radius 2 is 1.67 bits per heavy atom. The number of rotatable bonds is 3. The van der Waals surface area contributed by atoms with Gasteiger partial charge in [0.05, 0.1) is 0 Å². The highest BCUT2D eigenvalue weighted by Crippen LogP contribution is 2.47. The molecule has 4 heteroatoms. The van der Waals surface area contributed by atoms with E-state index in [2.05, 4.69) is 0 Å². The van der Waals surface area contributed by atoms with Crippen LogP contribution in [0.2, 0.25) is 0 Å². The van der Waals surface area contributed by atoms with Gasteiger partial charge in [0.2, 0.25) is 11.8 Å². The fraction of sp³-hybridized carbons (Fsp3) is 0.857. The van der Waals surface area contributed by atoms with Crippen molar-refractivity contribution in [2.45, 2.75) is 58.4 Å². The first-order chi connectivity index (χ1) is 8.49. The molecule has 102 valence electrons. The molecule has 4 nitrogen and oxygen atoms in total. The van der Waals surface area contributed by atoms with Crippen LogP contribution in [0.4, 0.5) is 0 Å². The van der Waals surface area contributed by atoms with Gasteiger partial charge in [-0.2, -0.15) is 0 Å². The molecule has 0 bridgehead atoms. The molecule has 2 unspecified atom stereocenters. The van der Waals surface area contributed by atoms with Crippen LogP contribution in [0, 0.1) is 11.3 Å². The normalized spacial score (nSPS) is 26.7. The number of amides is 2. The fourth-order valence-corrected chi connectivity index (χ4v) is 3.35. The van der Waals surface area contributed by atoms with Crippen molar-refractivity contribution >= 4 is 11.8 Å². The lowest BCUT2D eigenvalue weighted by atomic mass is 9.75. The summed E-state index contributed by atoms with van der Waals surface area (Å²) in [4.78, 5) is 25.9. The lowest BCUT2D eigenvalue weighted by molar-refractivity contribution is -0.157. The van der Waals surface area contributed by atoms with Gasteiger partial charge in [-0.25, -0.2) is 0 Å². The van der Waals surface area contributed by atoms with Gasteiger partial charge >= 0.3 is 0 Å². The van der Waals surface area contributed by atoms with Crippen LogP contribution in [0.1, 0.15) is 52.4 Å². The third-order valence-electron chi connectivity index (χ3n) is 4.77. The van der Waals surface area contributed by atoms with E-state index in [4.69, 9.17) is 5.11 Å². The molecular formula is C14H23NO3. The molecule has 0 aromatic rings. The summed E-state index contributed by atoms with van der Waals surface area (Å²) in [5.74, 6) is -0.141. The van der Waals surface area contributed by atoms with Crippen LogP contribution in [0.25, 0.3) is 0 Å². The van der Waals surface area contributed by atoms with Crippen molar-refractivity contribution in [3.8, 4) is 0 Å². The number of likely N-dealkylation sites (tertiary alicyclic amines) is 1. The molecule has 2 atom stereocenters. The first kappa shape index (κ1) is 13.5. The van der Waals surface area contributed by atoms with Crippen LogP contribution < -0.4 is 0 Å². The highest BCUT2D eigenvalue weighted by atomic mass is 16.3. The third kappa shape index (κ3) is 2.30. The van der Waals surface area contributed by atoms with Crippen LogP contribution in [-0.4, -0.2) is 34.5 Å². The monoisotopic (exact) mass is 253 g/mol. The Morgan fingerprint density at radius 3 is 2.11 bits per heavy atom. The molecule has 1 saturated carbocycles. The minimum Gasteiger partial charge on any atom is -0.396 e. The van der Waals surface area contributed by atoms with Crippen molar-refractivity contribution in [2.24, 2.45) is 11.3 Å². The maximum absolute atomic E-state index is 12.3. The summed E-state index contributed by atoms with van der Waals surface area (Å²) in [6.45, 7) is 3.72. The average molecular weight is 253 g/mol. The van der Waals surface area contributed by atoms with Gasteiger partial charge in [0, 0.05) is 25.5 Å². The predicted molar refractivity (Wildman–Crippen MR) is 67.7 cm³/mol.